The fraction of sp³-hybridized carbons (Fsp3) is 0.818. The second kappa shape index (κ2) is 3.61. The normalized spacial score (nSPS) is 23.1. The van der Waals surface area contributed by atoms with E-state index in [9.17, 15) is 0 Å². The summed E-state index contributed by atoms with van der Waals surface area (Å²) >= 11 is 0. The summed E-state index contributed by atoms with van der Waals surface area (Å²) < 4.78 is 0. The maximum Gasteiger partial charge on any atom is 0.0132 e. The summed E-state index contributed by atoms with van der Waals surface area (Å²) in [5.41, 5.74) is 0. The Labute approximate surface area is 75.2 Å². The van der Waals surface area contributed by atoms with E-state index in [0.717, 1.165) is 24.3 Å². The molecule has 1 heteroatoms. The van der Waals surface area contributed by atoms with Gasteiger partial charge in [-0.25, -0.2) is 0 Å². The second-order valence-electron chi connectivity index (χ2n) is 4.29. The molecule has 0 heterocycles. The monoisotopic (exact) mass is 165 g/mol. The van der Waals surface area contributed by atoms with Crippen LogP contribution in [-0.4, -0.2) is 13.1 Å². The first-order valence-electron chi connectivity index (χ1n) is 5.23. The van der Waals surface area contributed by atoms with Crippen LogP contribution in [0.2, 0.25) is 0 Å². The van der Waals surface area contributed by atoms with Gasteiger partial charge in [0.2, 0.25) is 0 Å². The summed E-state index contributed by atoms with van der Waals surface area (Å²) in [7, 11) is 0. The fourth-order valence-corrected chi connectivity index (χ4v) is 2.12. The van der Waals surface area contributed by atoms with E-state index >= 15 is 0 Å². The van der Waals surface area contributed by atoms with Crippen LogP contribution >= 0.6 is 0 Å². The molecular weight excluding hydrogens is 146 g/mol. The SMILES string of the molecule is C=CCNCC(C1CC1)C1CC1. The number of hydrogen-bond acceptors (Lipinski definition) is 1. The van der Waals surface area contributed by atoms with Crippen molar-refractivity contribution in [2.75, 3.05) is 13.1 Å². The van der Waals surface area contributed by atoms with Crippen LogP contribution in [-0.2, 0) is 0 Å². The van der Waals surface area contributed by atoms with Crippen LogP contribution in [0, 0.1) is 17.8 Å². The van der Waals surface area contributed by atoms with E-state index in [1.807, 2.05) is 6.08 Å². The van der Waals surface area contributed by atoms with Crippen molar-refractivity contribution < 1.29 is 0 Å². The zero-order valence-corrected chi connectivity index (χ0v) is 7.76. The minimum atomic E-state index is 0.982. The minimum Gasteiger partial charge on any atom is -0.313 e. The van der Waals surface area contributed by atoms with Crippen molar-refractivity contribution in [3.63, 3.8) is 0 Å². The summed E-state index contributed by atoms with van der Waals surface area (Å²) in [6, 6.07) is 0. The molecule has 2 saturated carbocycles. The fourth-order valence-electron chi connectivity index (χ4n) is 2.12. The van der Waals surface area contributed by atoms with Crippen LogP contribution in [0.3, 0.4) is 0 Å². The Morgan fingerprint density at radius 3 is 2.25 bits per heavy atom. The quantitative estimate of drug-likeness (QED) is 0.470. The first kappa shape index (κ1) is 8.31. The van der Waals surface area contributed by atoms with Crippen molar-refractivity contribution in [2.45, 2.75) is 25.7 Å². The van der Waals surface area contributed by atoms with Gasteiger partial charge in [0.1, 0.15) is 0 Å². The molecule has 0 aromatic heterocycles. The van der Waals surface area contributed by atoms with Crippen molar-refractivity contribution in [2.24, 2.45) is 17.8 Å². The highest BCUT2D eigenvalue weighted by Crippen LogP contribution is 2.48. The number of rotatable bonds is 6. The predicted octanol–water partition coefficient (Wildman–Crippen LogP) is 2.20. The average Bonchev–Trinajstić information content (AvgIpc) is 2.87. The summed E-state index contributed by atoms with van der Waals surface area (Å²) in [5, 5.41) is 3.46. The molecule has 0 spiro atoms. The van der Waals surface area contributed by atoms with Gasteiger partial charge < -0.3 is 5.32 Å². The van der Waals surface area contributed by atoms with Crippen molar-refractivity contribution in [3.05, 3.63) is 12.7 Å². The third-order valence-corrected chi connectivity index (χ3v) is 3.12. The van der Waals surface area contributed by atoms with E-state index in [1.54, 1.807) is 0 Å². The van der Waals surface area contributed by atoms with Crippen LogP contribution in [0.25, 0.3) is 0 Å². The lowest BCUT2D eigenvalue weighted by atomic mass is 9.98. The van der Waals surface area contributed by atoms with Crippen LogP contribution in [0.5, 0.6) is 0 Å². The molecule has 1 N–H and O–H groups in total. The Bertz CT molecular complexity index is 144. The molecule has 0 atom stereocenters. The highest BCUT2D eigenvalue weighted by molar-refractivity contribution is 4.92. The van der Waals surface area contributed by atoms with E-state index in [0.29, 0.717) is 0 Å². The van der Waals surface area contributed by atoms with Gasteiger partial charge in [-0.3, -0.25) is 0 Å². The minimum absolute atomic E-state index is 0.982. The molecule has 2 aliphatic rings. The largest absolute Gasteiger partial charge is 0.313 e. The van der Waals surface area contributed by atoms with Crippen LogP contribution in [0.15, 0.2) is 12.7 Å². The average molecular weight is 165 g/mol. The maximum atomic E-state index is 3.72. The standard InChI is InChI=1S/C11H19N/c1-2-7-12-8-11(9-3-4-9)10-5-6-10/h2,9-12H,1,3-8H2. The summed E-state index contributed by atoms with van der Waals surface area (Å²) in [4.78, 5) is 0. The lowest BCUT2D eigenvalue weighted by molar-refractivity contribution is 0.386. The van der Waals surface area contributed by atoms with Gasteiger partial charge in [-0.2, -0.15) is 0 Å². The van der Waals surface area contributed by atoms with Crippen LogP contribution < -0.4 is 5.32 Å². The highest BCUT2D eigenvalue weighted by Gasteiger charge is 2.40. The molecule has 0 aromatic carbocycles. The van der Waals surface area contributed by atoms with E-state index in [1.165, 1.54) is 32.2 Å². The van der Waals surface area contributed by atoms with E-state index in [4.69, 9.17) is 0 Å². The number of nitrogens with one attached hydrogen (secondary N) is 1. The Kier molecular flexibility index (Phi) is 2.50. The molecule has 1 nitrogen and oxygen atoms in total. The van der Waals surface area contributed by atoms with Gasteiger partial charge in [-0.1, -0.05) is 6.08 Å². The summed E-state index contributed by atoms with van der Waals surface area (Å²) in [6.45, 7) is 5.94. The molecule has 0 bridgehead atoms. The zero-order valence-electron chi connectivity index (χ0n) is 7.76. The molecule has 2 aliphatic carbocycles. The second-order valence-corrected chi connectivity index (χ2v) is 4.29. The lowest BCUT2D eigenvalue weighted by Gasteiger charge is -2.15. The molecule has 0 amide bonds. The Morgan fingerprint density at radius 1 is 1.25 bits per heavy atom. The molecule has 0 aliphatic heterocycles. The molecule has 0 unspecified atom stereocenters. The van der Waals surface area contributed by atoms with E-state index < -0.39 is 0 Å². The van der Waals surface area contributed by atoms with Crippen molar-refractivity contribution >= 4 is 0 Å². The smallest absolute Gasteiger partial charge is 0.0132 e. The maximum absolute atomic E-state index is 3.72. The van der Waals surface area contributed by atoms with Crippen LogP contribution in [0.1, 0.15) is 25.7 Å². The van der Waals surface area contributed by atoms with Gasteiger partial charge >= 0.3 is 0 Å². The Balaban J connectivity index is 1.69. The predicted molar refractivity (Wildman–Crippen MR) is 52.0 cm³/mol. The zero-order chi connectivity index (χ0) is 8.39. The molecule has 12 heavy (non-hydrogen) atoms. The molecular formula is C11H19N. The molecule has 68 valence electrons. The van der Waals surface area contributed by atoms with Crippen molar-refractivity contribution in [1.82, 2.24) is 5.32 Å². The van der Waals surface area contributed by atoms with Crippen LogP contribution in [0.4, 0.5) is 0 Å². The Morgan fingerprint density at radius 2 is 1.83 bits per heavy atom. The Hall–Kier alpha value is -0.300. The van der Waals surface area contributed by atoms with Gasteiger partial charge in [-0.15, -0.1) is 6.58 Å². The highest BCUT2D eigenvalue weighted by atomic mass is 14.9. The first-order valence-corrected chi connectivity index (χ1v) is 5.23. The van der Waals surface area contributed by atoms with Crippen molar-refractivity contribution in [1.29, 1.82) is 0 Å². The summed E-state index contributed by atoms with van der Waals surface area (Å²) in [6.07, 6.45) is 7.94. The summed E-state index contributed by atoms with van der Waals surface area (Å²) in [5.74, 6) is 3.16. The molecule has 2 rings (SSSR count). The van der Waals surface area contributed by atoms with Gasteiger partial charge in [0, 0.05) is 6.54 Å². The third-order valence-electron chi connectivity index (χ3n) is 3.12. The van der Waals surface area contributed by atoms with E-state index in [-0.39, 0.29) is 0 Å². The van der Waals surface area contributed by atoms with Gasteiger partial charge in [0.25, 0.3) is 0 Å². The third kappa shape index (κ3) is 2.10. The van der Waals surface area contributed by atoms with E-state index in [2.05, 4.69) is 11.9 Å². The molecule has 0 aromatic rings. The first-order chi connectivity index (χ1) is 5.92. The van der Waals surface area contributed by atoms with Crippen molar-refractivity contribution in [3.8, 4) is 0 Å². The molecule has 0 saturated heterocycles. The molecule has 0 radical (unpaired) electrons. The van der Waals surface area contributed by atoms with Gasteiger partial charge in [-0.05, 0) is 50.0 Å². The van der Waals surface area contributed by atoms with Gasteiger partial charge in [0.15, 0.2) is 0 Å². The lowest BCUT2D eigenvalue weighted by Crippen LogP contribution is -2.25. The number of hydrogen-bond donors (Lipinski definition) is 1. The molecule has 2 fully saturated rings. The topological polar surface area (TPSA) is 12.0 Å². The van der Waals surface area contributed by atoms with Gasteiger partial charge in [0.05, 0.1) is 0 Å².